The number of pyridine rings is 2. The van der Waals surface area contributed by atoms with E-state index >= 15 is 0 Å². The Labute approximate surface area is 210 Å². The number of aliphatic hydroxyl groups excluding tert-OH is 1. The molecule has 0 amide bonds. The van der Waals surface area contributed by atoms with Crippen LogP contribution < -0.4 is 5.32 Å². The van der Waals surface area contributed by atoms with E-state index in [1.54, 1.807) is 42.7 Å². The third kappa shape index (κ3) is 4.83. The molecule has 0 aliphatic heterocycles. The number of rotatable bonds is 6. The molecule has 1 atom stereocenters. The van der Waals surface area contributed by atoms with Crippen molar-refractivity contribution in [3.63, 3.8) is 0 Å². The van der Waals surface area contributed by atoms with Gasteiger partial charge in [0.25, 0.3) is 0 Å². The molecule has 174 valence electrons. The van der Waals surface area contributed by atoms with Crippen molar-refractivity contribution in [1.29, 1.82) is 5.26 Å². The number of hydrogen-bond acceptors (Lipinski definition) is 5. The van der Waals surface area contributed by atoms with Gasteiger partial charge in [-0.15, -0.1) is 0 Å². The molecular formula is C26H18Cl2FN5O. The van der Waals surface area contributed by atoms with Crippen molar-refractivity contribution < 1.29 is 9.50 Å². The lowest BCUT2D eigenvalue weighted by molar-refractivity contribution is 0.136. The van der Waals surface area contributed by atoms with Gasteiger partial charge in [-0.3, -0.25) is 15.3 Å². The minimum Gasteiger partial charge on any atom is -0.374 e. The number of nitriles is 1. The zero-order chi connectivity index (χ0) is 24.5. The summed E-state index contributed by atoms with van der Waals surface area (Å²) in [6.45, 7) is 0.103. The predicted octanol–water partition coefficient (Wildman–Crippen LogP) is 5.80. The van der Waals surface area contributed by atoms with Crippen molar-refractivity contribution in [1.82, 2.24) is 20.3 Å². The van der Waals surface area contributed by atoms with E-state index < -0.39 is 12.0 Å². The van der Waals surface area contributed by atoms with Gasteiger partial charge in [0.05, 0.1) is 21.1 Å². The zero-order valence-electron chi connectivity index (χ0n) is 18.2. The summed E-state index contributed by atoms with van der Waals surface area (Å²) in [5, 5.41) is 25.6. The summed E-state index contributed by atoms with van der Waals surface area (Å²) in [7, 11) is 0. The number of aliphatic hydroxyl groups is 1. The van der Waals surface area contributed by atoms with Crippen molar-refractivity contribution >= 4 is 45.0 Å². The molecule has 0 radical (unpaired) electrons. The van der Waals surface area contributed by atoms with E-state index in [4.69, 9.17) is 23.2 Å². The van der Waals surface area contributed by atoms with Gasteiger partial charge >= 0.3 is 0 Å². The van der Waals surface area contributed by atoms with Gasteiger partial charge in [0.2, 0.25) is 0 Å². The van der Waals surface area contributed by atoms with Crippen LogP contribution in [0.25, 0.3) is 21.8 Å². The Morgan fingerprint density at radius 3 is 2.83 bits per heavy atom. The van der Waals surface area contributed by atoms with E-state index in [1.165, 1.54) is 12.3 Å². The van der Waals surface area contributed by atoms with Crippen LogP contribution >= 0.6 is 23.2 Å². The fourth-order valence-corrected chi connectivity index (χ4v) is 4.44. The molecule has 5 rings (SSSR count). The maximum atomic E-state index is 14.5. The quantitative estimate of drug-likeness (QED) is 0.253. The van der Waals surface area contributed by atoms with Crippen LogP contribution in [0.1, 0.15) is 34.2 Å². The standard InChI is InChI=1S/C26H18Cl2FN5O/c27-19-6-16-3-14(4-17(10-30)25(16)33-12-19)5-20-7-15(1-2-31-20)26(35)34-11-18-8-21-22(28)13-32-24(21)9-23(18)29/h1-4,6-9,12-13,26,32,34-35H,5,11H2. The van der Waals surface area contributed by atoms with Crippen LogP contribution in [0.2, 0.25) is 10.0 Å². The average molecular weight is 506 g/mol. The summed E-state index contributed by atoms with van der Waals surface area (Å²) in [5.74, 6) is -0.398. The normalized spacial score (nSPS) is 12.2. The Kier molecular flexibility index (Phi) is 6.37. The highest BCUT2D eigenvalue weighted by molar-refractivity contribution is 6.35. The lowest BCUT2D eigenvalue weighted by atomic mass is 10.0. The third-order valence-electron chi connectivity index (χ3n) is 5.76. The lowest BCUT2D eigenvalue weighted by Gasteiger charge is -2.15. The molecule has 0 saturated carbocycles. The Morgan fingerprint density at radius 2 is 2.00 bits per heavy atom. The Hall–Kier alpha value is -3.54. The van der Waals surface area contributed by atoms with Crippen LogP contribution in [0.5, 0.6) is 0 Å². The van der Waals surface area contributed by atoms with Gasteiger partial charge in [-0.25, -0.2) is 4.39 Å². The second kappa shape index (κ2) is 9.61. The SMILES string of the molecule is N#Cc1cc(Cc2cc(C(O)NCc3cc4c(Cl)c[nH]c4cc3F)ccn2)cc2cc(Cl)cnc12. The van der Waals surface area contributed by atoms with Crippen molar-refractivity contribution in [2.24, 2.45) is 0 Å². The molecule has 9 heteroatoms. The van der Waals surface area contributed by atoms with Gasteiger partial charge in [-0.1, -0.05) is 23.2 Å². The van der Waals surface area contributed by atoms with Crippen molar-refractivity contribution in [2.45, 2.75) is 19.2 Å². The number of nitrogens with zero attached hydrogens (tertiary/aromatic N) is 3. The van der Waals surface area contributed by atoms with Crippen LogP contribution in [0.4, 0.5) is 4.39 Å². The van der Waals surface area contributed by atoms with Gasteiger partial charge in [0.15, 0.2) is 0 Å². The van der Waals surface area contributed by atoms with Gasteiger partial charge in [0, 0.05) is 59.1 Å². The molecule has 3 aromatic heterocycles. The van der Waals surface area contributed by atoms with E-state index in [2.05, 4.69) is 26.3 Å². The molecule has 2 aromatic carbocycles. The molecule has 0 bridgehead atoms. The Morgan fingerprint density at radius 1 is 1.14 bits per heavy atom. The smallest absolute Gasteiger partial charge is 0.131 e. The van der Waals surface area contributed by atoms with Crippen LogP contribution in [0.15, 0.2) is 61.1 Å². The van der Waals surface area contributed by atoms with Crippen LogP contribution in [-0.4, -0.2) is 20.1 Å². The highest BCUT2D eigenvalue weighted by Crippen LogP contribution is 2.27. The van der Waals surface area contributed by atoms with Crippen LogP contribution in [0.3, 0.4) is 0 Å². The Balaban J connectivity index is 1.34. The van der Waals surface area contributed by atoms with E-state index in [1.807, 2.05) is 6.07 Å². The number of benzene rings is 2. The summed E-state index contributed by atoms with van der Waals surface area (Å²) in [6, 6.07) is 14.1. The lowest BCUT2D eigenvalue weighted by Crippen LogP contribution is -2.21. The second-order valence-corrected chi connectivity index (χ2v) is 8.99. The van der Waals surface area contributed by atoms with Crippen molar-refractivity contribution in [3.05, 3.63) is 105 Å². The van der Waals surface area contributed by atoms with E-state index in [9.17, 15) is 14.8 Å². The molecule has 0 spiro atoms. The molecule has 6 nitrogen and oxygen atoms in total. The highest BCUT2D eigenvalue weighted by atomic mass is 35.5. The van der Waals surface area contributed by atoms with E-state index in [0.29, 0.717) is 55.3 Å². The van der Waals surface area contributed by atoms with Gasteiger partial charge in [-0.05, 0) is 53.6 Å². The first kappa shape index (κ1) is 23.2. The topological polar surface area (TPSA) is 97.6 Å². The molecule has 1 unspecified atom stereocenters. The molecule has 3 N–H and O–H groups in total. The average Bonchev–Trinajstić information content (AvgIpc) is 3.20. The first-order chi connectivity index (χ1) is 16.9. The molecule has 5 aromatic rings. The first-order valence-corrected chi connectivity index (χ1v) is 11.5. The summed E-state index contributed by atoms with van der Waals surface area (Å²) in [6.07, 6.45) is 4.13. The van der Waals surface area contributed by atoms with Crippen LogP contribution in [-0.2, 0) is 13.0 Å². The summed E-state index contributed by atoms with van der Waals surface area (Å²) in [5.41, 5.74) is 4.20. The Bertz CT molecular complexity index is 1610. The fourth-order valence-electron chi connectivity index (χ4n) is 4.06. The predicted molar refractivity (Wildman–Crippen MR) is 134 cm³/mol. The summed E-state index contributed by atoms with van der Waals surface area (Å²) >= 11 is 12.2. The highest BCUT2D eigenvalue weighted by Gasteiger charge is 2.13. The molecule has 0 aliphatic rings. The van der Waals surface area contributed by atoms with Crippen molar-refractivity contribution in [2.75, 3.05) is 0 Å². The fraction of sp³-hybridized carbons (Fsp3) is 0.115. The number of H-pyrrole nitrogens is 1. The second-order valence-electron chi connectivity index (χ2n) is 8.15. The maximum absolute atomic E-state index is 14.5. The minimum absolute atomic E-state index is 0.103. The monoisotopic (exact) mass is 505 g/mol. The number of hydrogen-bond donors (Lipinski definition) is 3. The minimum atomic E-state index is -1.04. The number of aromatic nitrogens is 3. The molecular weight excluding hydrogens is 488 g/mol. The number of fused-ring (bicyclic) bond motifs is 2. The molecule has 3 heterocycles. The largest absolute Gasteiger partial charge is 0.374 e. The molecule has 0 aliphatic carbocycles. The zero-order valence-corrected chi connectivity index (χ0v) is 19.7. The van der Waals surface area contributed by atoms with Crippen molar-refractivity contribution in [3.8, 4) is 6.07 Å². The molecule has 0 saturated heterocycles. The van der Waals surface area contributed by atoms with Gasteiger partial charge in [0.1, 0.15) is 18.1 Å². The summed E-state index contributed by atoms with van der Waals surface area (Å²) < 4.78 is 14.5. The summed E-state index contributed by atoms with van der Waals surface area (Å²) in [4.78, 5) is 11.6. The van der Waals surface area contributed by atoms with Crippen LogP contribution in [0, 0.1) is 17.1 Å². The molecule has 35 heavy (non-hydrogen) atoms. The number of nitrogens with one attached hydrogen (secondary N) is 2. The van der Waals surface area contributed by atoms with Gasteiger partial charge < -0.3 is 10.1 Å². The van der Waals surface area contributed by atoms with E-state index in [0.717, 1.165) is 10.9 Å². The number of aromatic amines is 1. The first-order valence-electron chi connectivity index (χ1n) is 10.7. The maximum Gasteiger partial charge on any atom is 0.131 e. The van der Waals surface area contributed by atoms with Gasteiger partial charge in [-0.2, -0.15) is 5.26 Å². The molecule has 0 fully saturated rings. The number of halogens is 3. The van der Waals surface area contributed by atoms with E-state index in [-0.39, 0.29) is 6.54 Å². The third-order valence-corrected chi connectivity index (χ3v) is 6.28.